The van der Waals surface area contributed by atoms with E-state index in [-0.39, 0.29) is 24.4 Å². The van der Waals surface area contributed by atoms with E-state index in [0.717, 1.165) is 5.56 Å². The maximum atomic E-state index is 12.0. The van der Waals surface area contributed by atoms with Gasteiger partial charge < -0.3 is 10.6 Å². The third kappa shape index (κ3) is 4.60. The molecule has 1 amide bonds. The topological polar surface area (TPSA) is 63.4 Å². The second-order valence-electron chi connectivity index (χ2n) is 4.45. The highest BCUT2D eigenvalue weighted by atomic mass is 35.5. The van der Waals surface area contributed by atoms with Gasteiger partial charge in [0.15, 0.2) is 0 Å². The van der Waals surface area contributed by atoms with Crippen molar-refractivity contribution in [3.63, 3.8) is 0 Å². The first-order valence-corrected chi connectivity index (χ1v) is 7.59. The number of carbonyl (C=O) groups excluding carboxylic acids is 1. The van der Waals surface area contributed by atoms with E-state index in [1.165, 1.54) is 0 Å². The number of hydrogen-bond donors (Lipinski definition) is 1. The summed E-state index contributed by atoms with van der Waals surface area (Å²) in [5.41, 5.74) is 7.00. The molecule has 0 spiro atoms. The number of amides is 1. The molecule has 1 aromatic rings. The van der Waals surface area contributed by atoms with Gasteiger partial charge in [-0.1, -0.05) is 30.3 Å². The van der Waals surface area contributed by atoms with Crippen LogP contribution in [0, 0.1) is 0 Å². The van der Waals surface area contributed by atoms with Gasteiger partial charge in [0, 0.05) is 47.9 Å². The molecule has 0 aliphatic carbocycles. The minimum Gasteiger partial charge on any atom is -0.341 e. The lowest BCUT2D eigenvalue weighted by Crippen LogP contribution is -2.42. The number of rotatable bonds is 3. The van der Waals surface area contributed by atoms with Crippen molar-refractivity contribution in [3.8, 4) is 0 Å². The molecule has 6 heteroatoms. The van der Waals surface area contributed by atoms with Gasteiger partial charge in [-0.2, -0.15) is 0 Å². The smallest absolute Gasteiger partial charge is 0.224 e. The minimum atomic E-state index is -0.751. The van der Waals surface area contributed by atoms with Gasteiger partial charge in [-0.05, 0) is 5.56 Å². The molecule has 2 N–H and O–H groups in total. The van der Waals surface area contributed by atoms with Crippen molar-refractivity contribution < 1.29 is 9.00 Å². The Balaban J connectivity index is 0.00000180. The first kappa shape index (κ1) is 16.1. The number of hydrogen-bond acceptors (Lipinski definition) is 3. The van der Waals surface area contributed by atoms with Crippen LogP contribution in [0.25, 0.3) is 0 Å². The van der Waals surface area contributed by atoms with Crippen molar-refractivity contribution >= 4 is 29.1 Å². The second-order valence-corrected chi connectivity index (χ2v) is 6.15. The molecule has 2 rings (SSSR count). The van der Waals surface area contributed by atoms with Crippen molar-refractivity contribution in [3.05, 3.63) is 35.9 Å². The van der Waals surface area contributed by atoms with Crippen molar-refractivity contribution in [2.45, 2.75) is 12.5 Å². The van der Waals surface area contributed by atoms with Gasteiger partial charge in [0.1, 0.15) is 0 Å². The van der Waals surface area contributed by atoms with Crippen LogP contribution >= 0.6 is 12.4 Å². The van der Waals surface area contributed by atoms with Crippen molar-refractivity contribution in [1.82, 2.24) is 4.90 Å². The molecule has 1 heterocycles. The van der Waals surface area contributed by atoms with Crippen LogP contribution in [-0.4, -0.2) is 39.6 Å². The van der Waals surface area contributed by atoms with E-state index in [0.29, 0.717) is 31.0 Å². The SMILES string of the molecule is Cl.NC(CC(=O)N1CCS(=O)CC1)c1ccccc1. The lowest BCUT2D eigenvalue weighted by molar-refractivity contribution is -0.131. The second kappa shape index (κ2) is 7.62. The highest BCUT2D eigenvalue weighted by molar-refractivity contribution is 7.85. The quantitative estimate of drug-likeness (QED) is 0.909. The summed E-state index contributed by atoms with van der Waals surface area (Å²) < 4.78 is 11.2. The maximum Gasteiger partial charge on any atom is 0.224 e. The third-order valence-corrected chi connectivity index (χ3v) is 4.43. The molecule has 1 fully saturated rings. The predicted octanol–water partition coefficient (Wildman–Crippen LogP) is 1.09. The highest BCUT2D eigenvalue weighted by Crippen LogP contribution is 2.15. The van der Waals surface area contributed by atoms with Crippen LogP contribution in [0.4, 0.5) is 0 Å². The van der Waals surface area contributed by atoms with Crippen LogP contribution in [0.5, 0.6) is 0 Å². The Morgan fingerprint density at radius 2 is 1.84 bits per heavy atom. The van der Waals surface area contributed by atoms with E-state index < -0.39 is 10.8 Å². The lowest BCUT2D eigenvalue weighted by atomic mass is 10.0. The summed E-state index contributed by atoms with van der Waals surface area (Å²) in [7, 11) is -0.751. The zero-order valence-electron chi connectivity index (χ0n) is 10.7. The fraction of sp³-hybridized carbons (Fsp3) is 0.462. The normalized spacial score (nSPS) is 17.6. The average Bonchev–Trinajstić information content (AvgIpc) is 2.40. The molecule has 19 heavy (non-hydrogen) atoms. The Morgan fingerprint density at radius 1 is 1.26 bits per heavy atom. The van der Waals surface area contributed by atoms with Crippen LogP contribution < -0.4 is 5.73 Å². The summed E-state index contributed by atoms with van der Waals surface area (Å²) in [6, 6.07) is 9.38. The summed E-state index contributed by atoms with van der Waals surface area (Å²) >= 11 is 0. The Morgan fingerprint density at radius 3 is 2.42 bits per heavy atom. The Kier molecular flexibility index (Phi) is 6.48. The number of carbonyl (C=O) groups is 1. The highest BCUT2D eigenvalue weighted by Gasteiger charge is 2.21. The molecule has 1 aliphatic heterocycles. The number of benzene rings is 1. The molecule has 106 valence electrons. The molecule has 1 unspecified atom stereocenters. The molecule has 1 saturated heterocycles. The Hall–Kier alpha value is -0.910. The van der Waals surface area contributed by atoms with Gasteiger partial charge in [0.25, 0.3) is 0 Å². The van der Waals surface area contributed by atoms with Crippen molar-refractivity contribution in [2.75, 3.05) is 24.6 Å². The van der Waals surface area contributed by atoms with E-state index >= 15 is 0 Å². The van der Waals surface area contributed by atoms with Gasteiger partial charge in [-0.3, -0.25) is 9.00 Å². The van der Waals surface area contributed by atoms with E-state index in [9.17, 15) is 9.00 Å². The number of halogens is 1. The molecule has 0 bridgehead atoms. The first-order chi connectivity index (χ1) is 8.66. The van der Waals surface area contributed by atoms with Crippen LogP contribution in [0.15, 0.2) is 30.3 Å². The first-order valence-electron chi connectivity index (χ1n) is 6.10. The molecule has 1 atom stereocenters. The van der Waals surface area contributed by atoms with E-state index in [2.05, 4.69) is 0 Å². The predicted molar refractivity (Wildman–Crippen MR) is 79.7 cm³/mol. The molecule has 1 aliphatic rings. The largest absolute Gasteiger partial charge is 0.341 e. The Labute approximate surface area is 122 Å². The molecular formula is C13H19ClN2O2S. The van der Waals surface area contributed by atoms with E-state index in [1.54, 1.807) is 4.90 Å². The van der Waals surface area contributed by atoms with E-state index in [1.807, 2.05) is 30.3 Å². The van der Waals surface area contributed by atoms with Crippen LogP contribution in [-0.2, 0) is 15.6 Å². The molecular weight excluding hydrogens is 284 g/mol. The summed E-state index contributed by atoms with van der Waals surface area (Å²) in [4.78, 5) is 13.8. The summed E-state index contributed by atoms with van der Waals surface area (Å²) in [6.45, 7) is 1.18. The van der Waals surface area contributed by atoms with Gasteiger partial charge in [0.2, 0.25) is 5.91 Å². The summed E-state index contributed by atoms with van der Waals surface area (Å²) in [6.07, 6.45) is 0.316. The van der Waals surface area contributed by atoms with Gasteiger partial charge in [-0.25, -0.2) is 0 Å². The lowest BCUT2D eigenvalue weighted by Gasteiger charge is -2.27. The van der Waals surface area contributed by atoms with Gasteiger partial charge >= 0.3 is 0 Å². The van der Waals surface area contributed by atoms with Gasteiger partial charge in [-0.15, -0.1) is 12.4 Å². The van der Waals surface area contributed by atoms with Crippen LogP contribution in [0.1, 0.15) is 18.0 Å². The molecule has 0 radical (unpaired) electrons. The average molecular weight is 303 g/mol. The van der Waals surface area contributed by atoms with Crippen LogP contribution in [0.3, 0.4) is 0 Å². The zero-order valence-corrected chi connectivity index (χ0v) is 12.3. The van der Waals surface area contributed by atoms with Gasteiger partial charge in [0.05, 0.1) is 0 Å². The fourth-order valence-electron chi connectivity index (χ4n) is 2.02. The molecule has 0 aromatic heterocycles. The fourth-order valence-corrected chi connectivity index (χ4v) is 3.07. The minimum absolute atomic E-state index is 0. The van der Waals surface area contributed by atoms with Crippen LogP contribution in [0.2, 0.25) is 0 Å². The Bertz CT molecular complexity index is 432. The molecule has 0 saturated carbocycles. The number of nitrogens with two attached hydrogens (primary N) is 1. The molecule has 1 aromatic carbocycles. The van der Waals surface area contributed by atoms with E-state index in [4.69, 9.17) is 5.73 Å². The standard InChI is InChI=1S/C13H18N2O2S.ClH/c14-12(11-4-2-1-3-5-11)10-13(16)15-6-8-18(17)9-7-15;/h1-5,12H,6-10,14H2;1H. The third-order valence-electron chi connectivity index (χ3n) is 3.15. The summed E-state index contributed by atoms with van der Waals surface area (Å²) in [5.74, 6) is 1.24. The maximum absolute atomic E-state index is 12.0. The molecule has 4 nitrogen and oxygen atoms in total. The zero-order chi connectivity index (χ0) is 13.0. The summed E-state index contributed by atoms with van der Waals surface area (Å²) in [5, 5.41) is 0. The van der Waals surface area contributed by atoms with Crippen molar-refractivity contribution in [2.24, 2.45) is 5.73 Å². The monoisotopic (exact) mass is 302 g/mol. The number of nitrogens with zero attached hydrogens (tertiary/aromatic N) is 1. The van der Waals surface area contributed by atoms with Crippen molar-refractivity contribution in [1.29, 1.82) is 0 Å².